The van der Waals surface area contributed by atoms with E-state index in [0.717, 1.165) is 17.6 Å². The third kappa shape index (κ3) is 11.2. The first-order valence-electron chi connectivity index (χ1n) is 10.7. The van der Waals surface area contributed by atoms with E-state index in [1.165, 1.54) is 82.7 Å². The van der Waals surface area contributed by atoms with Gasteiger partial charge in [0.1, 0.15) is 6.54 Å². The minimum atomic E-state index is 1.06. The molecule has 0 spiro atoms. The molecule has 1 nitrogen and oxygen atoms in total. The maximum atomic E-state index is 3.98. The van der Waals surface area contributed by atoms with Crippen LogP contribution in [-0.2, 0) is 6.54 Å². The molecule has 0 aliphatic rings. The standard InChI is InChI=1S/C24H42N/c1-4-6-7-8-9-10-11-12-13-14-18-22-25(3,21-5-2)23-24-19-16-15-17-20-24/h5,15-17,19-20H,2,4,6-14,18,21-23H2,1,3H3/q+1. The van der Waals surface area contributed by atoms with Crippen LogP contribution in [0.1, 0.15) is 83.1 Å². The molecule has 0 fully saturated rings. The predicted molar refractivity (Wildman–Crippen MR) is 113 cm³/mol. The molecule has 0 saturated heterocycles. The molecule has 25 heavy (non-hydrogen) atoms. The van der Waals surface area contributed by atoms with Gasteiger partial charge in [0.15, 0.2) is 0 Å². The Bertz CT molecular complexity index is 425. The van der Waals surface area contributed by atoms with Gasteiger partial charge in [0.05, 0.1) is 20.1 Å². The Kier molecular flexibility index (Phi) is 12.4. The Labute approximate surface area is 157 Å². The lowest BCUT2D eigenvalue weighted by atomic mass is 10.1. The second-order valence-electron chi connectivity index (χ2n) is 7.99. The first-order chi connectivity index (χ1) is 12.2. The maximum absolute atomic E-state index is 3.98. The smallest absolute Gasteiger partial charge is 0.104 e. The summed E-state index contributed by atoms with van der Waals surface area (Å²) in [4.78, 5) is 0. The Morgan fingerprint density at radius 1 is 0.800 bits per heavy atom. The van der Waals surface area contributed by atoms with Crippen molar-refractivity contribution in [2.45, 2.75) is 84.1 Å². The lowest BCUT2D eigenvalue weighted by Crippen LogP contribution is -2.44. The third-order valence-corrected chi connectivity index (χ3v) is 5.28. The van der Waals surface area contributed by atoms with Crippen molar-refractivity contribution in [3.05, 3.63) is 48.6 Å². The molecule has 1 aromatic carbocycles. The summed E-state index contributed by atoms with van der Waals surface area (Å²) in [7, 11) is 2.38. The van der Waals surface area contributed by atoms with Gasteiger partial charge in [-0.15, -0.1) is 0 Å². The second kappa shape index (κ2) is 14.1. The van der Waals surface area contributed by atoms with Gasteiger partial charge >= 0.3 is 0 Å². The molecular weight excluding hydrogens is 302 g/mol. The van der Waals surface area contributed by atoms with Crippen LogP contribution in [0.25, 0.3) is 0 Å². The van der Waals surface area contributed by atoms with Crippen molar-refractivity contribution >= 4 is 0 Å². The predicted octanol–water partition coefficient (Wildman–Crippen LogP) is 7.13. The van der Waals surface area contributed by atoms with Crippen molar-refractivity contribution in [3.63, 3.8) is 0 Å². The molecule has 142 valence electrons. The average molecular weight is 345 g/mol. The van der Waals surface area contributed by atoms with Crippen LogP contribution < -0.4 is 0 Å². The van der Waals surface area contributed by atoms with Crippen LogP contribution in [0.5, 0.6) is 0 Å². The zero-order valence-corrected chi connectivity index (χ0v) is 17.0. The van der Waals surface area contributed by atoms with Crippen molar-refractivity contribution in [1.82, 2.24) is 0 Å². The Morgan fingerprint density at radius 3 is 1.84 bits per heavy atom. The minimum Gasteiger partial charge on any atom is -0.319 e. The van der Waals surface area contributed by atoms with Crippen LogP contribution in [0.15, 0.2) is 43.0 Å². The number of hydrogen-bond donors (Lipinski definition) is 0. The van der Waals surface area contributed by atoms with Gasteiger partial charge in [-0.3, -0.25) is 0 Å². The monoisotopic (exact) mass is 344 g/mol. The number of hydrogen-bond acceptors (Lipinski definition) is 0. The summed E-state index contributed by atoms with van der Waals surface area (Å²) in [6.07, 6.45) is 17.7. The summed E-state index contributed by atoms with van der Waals surface area (Å²) >= 11 is 0. The molecule has 0 amide bonds. The molecule has 0 aliphatic carbocycles. The van der Waals surface area contributed by atoms with E-state index in [1.807, 2.05) is 0 Å². The molecule has 1 unspecified atom stereocenters. The first-order valence-corrected chi connectivity index (χ1v) is 10.7. The molecule has 0 radical (unpaired) electrons. The van der Waals surface area contributed by atoms with E-state index < -0.39 is 0 Å². The van der Waals surface area contributed by atoms with Gasteiger partial charge in [-0.2, -0.15) is 0 Å². The number of likely N-dealkylation sites (N-methyl/N-ethyl adjacent to an activating group) is 1. The normalized spacial score (nSPS) is 13.5. The van der Waals surface area contributed by atoms with Crippen LogP contribution in [0.3, 0.4) is 0 Å². The highest BCUT2D eigenvalue weighted by Gasteiger charge is 2.19. The third-order valence-electron chi connectivity index (χ3n) is 5.28. The number of quaternary nitrogens is 1. The van der Waals surface area contributed by atoms with E-state index in [2.05, 4.69) is 57.0 Å². The van der Waals surface area contributed by atoms with E-state index in [0.29, 0.717) is 0 Å². The quantitative estimate of drug-likeness (QED) is 0.170. The van der Waals surface area contributed by atoms with E-state index in [-0.39, 0.29) is 0 Å². The Balaban J connectivity index is 2.11. The molecule has 1 heteroatoms. The number of benzene rings is 1. The van der Waals surface area contributed by atoms with Crippen molar-refractivity contribution in [3.8, 4) is 0 Å². The summed E-state index contributed by atoms with van der Waals surface area (Å²) in [6, 6.07) is 10.9. The fourth-order valence-electron chi connectivity index (χ4n) is 3.73. The first kappa shape index (κ1) is 22.0. The van der Waals surface area contributed by atoms with Gasteiger partial charge in [-0.05, 0) is 18.9 Å². The summed E-state index contributed by atoms with van der Waals surface area (Å²) < 4.78 is 1.09. The van der Waals surface area contributed by atoms with E-state index in [9.17, 15) is 0 Å². The van der Waals surface area contributed by atoms with Crippen molar-refractivity contribution in [1.29, 1.82) is 0 Å². The van der Waals surface area contributed by atoms with E-state index in [1.54, 1.807) is 0 Å². The number of unbranched alkanes of at least 4 members (excludes halogenated alkanes) is 10. The Morgan fingerprint density at radius 2 is 1.32 bits per heavy atom. The van der Waals surface area contributed by atoms with Crippen molar-refractivity contribution in [2.75, 3.05) is 20.1 Å². The molecule has 1 atom stereocenters. The van der Waals surface area contributed by atoms with Crippen LogP contribution in [0.4, 0.5) is 0 Å². The summed E-state index contributed by atoms with van der Waals surface area (Å²) in [5.41, 5.74) is 1.44. The number of rotatable bonds is 16. The molecule has 1 aromatic rings. The Hall–Kier alpha value is -1.08. The van der Waals surface area contributed by atoms with Gasteiger partial charge < -0.3 is 4.48 Å². The summed E-state index contributed by atoms with van der Waals surface area (Å²) in [5.74, 6) is 0. The SMILES string of the molecule is C=CC[N+](C)(CCCCCCCCCCCCC)Cc1ccccc1. The molecule has 0 heterocycles. The number of nitrogens with zero attached hydrogens (tertiary/aromatic N) is 1. The highest BCUT2D eigenvalue weighted by Crippen LogP contribution is 2.16. The molecule has 0 bridgehead atoms. The second-order valence-corrected chi connectivity index (χ2v) is 7.99. The fraction of sp³-hybridized carbons (Fsp3) is 0.667. The van der Waals surface area contributed by atoms with Gasteiger partial charge in [-0.1, -0.05) is 102 Å². The zero-order valence-electron chi connectivity index (χ0n) is 17.0. The van der Waals surface area contributed by atoms with Gasteiger partial charge in [-0.25, -0.2) is 0 Å². The summed E-state index contributed by atoms with van der Waals surface area (Å²) in [6.45, 7) is 9.71. The molecule has 0 aromatic heterocycles. The van der Waals surface area contributed by atoms with Crippen LogP contribution >= 0.6 is 0 Å². The lowest BCUT2D eigenvalue weighted by Gasteiger charge is -2.34. The van der Waals surface area contributed by atoms with Crippen LogP contribution in [0, 0.1) is 0 Å². The van der Waals surface area contributed by atoms with E-state index in [4.69, 9.17) is 0 Å². The molecule has 0 N–H and O–H groups in total. The minimum absolute atomic E-state index is 1.06. The molecule has 0 aliphatic heterocycles. The van der Waals surface area contributed by atoms with E-state index >= 15 is 0 Å². The van der Waals surface area contributed by atoms with Gasteiger partial charge in [0.25, 0.3) is 0 Å². The molecular formula is C24H42N+. The van der Waals surface area contributed by atoms with Gasteiger partial charge in [0, 0.05) is 5.56 Å². The lowest BCUT2D eigenvalue weighted by molar-refractivity contribution is -0.917. The molecule has 0 saturated carbocycles. The van der Waals surface area contributed by atoms with Gasteiger partial charge in [0.2, 0.25) is 0 Å². The highest BCUT2D eigenvalue weighted by atomic mass is 15.3. The zero-order chi connectivity index (χ0) is 18.2. The fourth-order valence-corrected chi connectivity index (χ4v) is 3.73. The topological polar surface area (TPSA) is 0 Å². The maximum Gasteiger partial charge on any atom is 0.104 e. The van der Waals surface area contributed by atoms with Crippen molar-refractivity contribution in [2.24, 2.45) is 0 Å². The highest BCUT2D eigenvalue weighted by molar-refractivity contribution is 5.13. The molecule has 1 rings (SSSR count). The van der Waals surface area contributed by atoms with Crippen molar-refractivity contribution < 1.29 is 4.48 Å². The largest absolute Gasteiger partial charge is 0.319 e. The summed E-state index contributed by atoms with van der Waals surface area (Å²) in [5, 5.41) is 0. The average Bonchev–Trinajstić information content (AvgIpc) is 2.61. The van der Waals surface area contributed by atoms with Crippen LogP contribution in [-0.4, -0.2) is 24.6 Å². The van der Waals surface area contributed by atoms with Crippen LogP contribution in [0.2, 0.25) is 0 Å².